The number of imidazole rings is 1. The van der Waals surface area contributed by atoms with E-state index >= 15 is 0 Å². The van der Waals surface area contributed by atoms with Gasteiger partial charge in [-0.2, -0.15) is 0 Å². The van der Waals surface area contributed by atoms with Crippen LogP contribution in [0.15, 0.2) is 17.2 Å². The van der Waals surface area contributed by atoms with Crippen LogP contribution in [0.25, 0.3) is 0 Å². The van der Waals surface area contributed by atoms with Crippen LogP contribution in [0.1, 0.15) is 32.2 Å². The minimum Gasteiger partial charge on any atom is -0.313 e. The number of nitrogens with one attached hydrogen (secondary N) is 1. The normalized spacial score (nSPS) is 27.4. The molecule has 66 valence electrons. The summed E-state index contributed by atoms with van der Waals surface area (Å²) in [4.78, 5) is 13.8. The molecule has 1 aliphatic rings. The van der Waals surface area contributed by atoms with Crippen molar-refractivity contribution in [2.45, 2.75) is 32.2 Å². The van der Waals surface area contributed by atoms with Gasteiger partial charge < -0.3 is 4.98 Å². The molecule has 0 aromatic carbocycles. The molecule has 1 aromatic heterocycles. The largest absolute Gasteiger partial charge is 0.325 e. The van der Waals surface area contributed by atoms with Gasteiger partial charge in [0.05, 0.1) is 0 Å². The molecule has 0 saturated heterocycles. The second kappa shape index (κ2) is 2.81. The Balaban J connectivity index is 2.06. The van der Waals surface area contributed by atoms with Crippen LogP contribution in [-0.4, -0.2) is 9.55 Å². The molecule has 12 heavy (non-hydrogen) atoms. The summed E-state index contributed by atoms with van der Waals surface area (Å²) in [6, 6.07) is 0.490. The molecular formula is C9H14N2O. The van der Waals surface area contributed by atoms with Crippen LogP contribution in [-0.2, 0) is 0 Å². The van der Waals surface area contributed by atoms with E-state index < -0.39 is 0 Å². The number of aromatic nitrogens is 2. The van der Waals surface area contributed by atoms with Crippen molar-refractivity contribution >= 4 is 0 Å². The van der Waals surface area contributed by atoms with Crippen LogP contribution in [0.3, 0.4) is 0 Å². The van der Waals surface area contributed by atoms with Crippen molar-refractivity contribution in [2.75, 3.05) is 0 Å². The van der Waals surface area contributed by atoms with Gasteiger partial charge in [-0.3, -0.25) is 4.57 Å². The SMILES string of the molecule is CCCC1CC1n1cc[nH]c1=O. The highest BCUT2D eigenvalue weighted by molar-refractivity contribution is 4.95. The molecule has 1 saturated carbocycles. The van der Waals surface area contributed by atoms with E-state index in [1.807, 2.05) is 10.8 Å². The predicted molar refractivity (Wildman–Crippen MR) is 47.1 cm³/mol. The molecule has 0 radical (unpaired) electrons. The number of nitrogens with zero attached hydrogens (tertiary/aromatic N) is 1. The van der Waals surface area contributed by atoms with Gasteiger partial charge in [-0.25, -0.2) is 4.79 Å². The molecular weight excluding hydrogens is 152 g/mol. The minimum atomic E-state index is 0.0404. The molecule has 1 aliphatic carbocycles. The van der Waals surface area contributed by atoms with E-state index in [2.05, 4.69) is 11.9 Å². The zero-order valence-electron chi connectivity index (χ0n) is 7.29. The molecule has 1 fully saturated rings. The fraction of sp³-hybridized carbons (Fsp3) is 0.667. The Morgan fingerprint density at radius 2 is 2.58 bits per heavy atom. The van der Waals surface area contributed by atoms with Crippen LogP contribution >= 0.6 is 0 Å². The third-order valence-corrected chi connectivity index (χ3v) is 2.58. The van der Waals surface area contributed by atoms with E-state index in [1.54, 1.807) is 6.20 Å². The molecule has 1 heterocycles. The third kappa shape index (κ3) is 1.19. The maximum atomic E-state index is 11.2. The Morgan fingerprint density at radius 3 is 3.17 bits per heavy atom. The van der Waals surface area contributed by atoms with E-state index in [1.165, 1.54) is 19.3 Å². The van der Waals surface area contributed by atoms with Crippen LogP contribution < -0.4 is 5.69 Å². The molecule has 1 aromatic rings. The standard InChI is InChI=1S/C9H14N2O/c1-2-3-7-6-8(7)11-5-4-10-9(11)12/h4-5,7-8H,2-3,6H2,1H3,(H,10,12). The number of hydrogen-bond donors (Lipinski definition) is 1. The van der Waals surface area contributed by atoms with Crippen LogP contribution in [0.5, 0.6) is 0 Å². The first kappa shape index (κ1) is 7.65. The van der Waals surface area contributed by atoms with Crippen molar-refractivity contribution in [3.63, 3.8) is 0 Å². The fourth-order valence-electron chi connectivity index (χ4n) is 1.85. The molecule has 0 aliphatic heterocycles. The molecule has 2 atom stereocenters. The number of rotatable bonds is 3. The average molecular weight is 166 g/mol. The summed E-state index contributed by atoms with van der Waals surface area (Å²) in [5.41, 5.74) is 0.0404. The quantitative estimate of drug-likeness (QED) is 0.726. The van der Waals surface area contributed by atoms with E-state index in [4.69, 9.17) is 0 Å². The lowest BCUT2D eigenvalue weighted by atomic mass is 10.2. The van der Waals surface area contributed by atoms with E-state index in [0.717, 1.165) is 5.92 Å². The second-order valence-electron chi connectivity index (χ2n) is 3.52. The number of aromatic amines is 1. The zero-order chi connectivity index (χ0) is 8.55. The van der Waals surface area contributed by atoms with Gasteiger partial charge in [0.15, 0.2) is 0 Å². The van der Waals surface area contributed by atoms with Gasteiger partial charge in [-0.1, -0.05) is 13.3 Å². The van der Waals surface area contributed by atoms with Gasteiger partial charge in [-0.15, -0.1) is 0 Å². The van der Waals surface area contributed by atoms with Crippen LogP contribution in [0, 0.1) is 5.92 Å². The van der Waals surface area contributed by atoms with E-state index in [0.29, 0.717) is 6.04 Å². The summed E-state index contributed by atoms with van der Waals surface area (Å²) in [7, 11) is 0. The highest BCUT2D eigenvalue weighted by Gasteiger charge is 2.38. The summed E-state index contributed by atoms with van der Waals surface area (Å²) in [6.45, 7) is 2.19. The molecule has 3 heteroatoms. The van der Waals surface area contributed by atoms with Gasteiger partial charge in [-0.05, 0) is 18.8 Å². The molecule has 2 unspecified atom stereocenters. The minimum absolute atomic E-state index is 0.0404. The van der Waals surface area contributed by atoms with Gasteiger partial charge in [0.25, 0.3) is 0 Å². The van der Waals surface area contributed by atoms with Gasteiger partial charge in [0, 0.05) is 18.4 Å². The summed E-state index contributed by atoms with van der Waals surface area (Å²) >= 11 is 0. The van der Waals surface area contributed by atoms with Gasteiger partial charge in [0.1, 0.15) is 0 Å². The molecule has 3 nitrogen and oxygen atoms in total. The Bertz CT molecular complexity index is 312. The van der Waals surface area contributed by atoms with Crippen molar-refractivity contribution in [3.05, 3.63) is 22.9 Å². The molecule has 1 N–H and O–H groups in total. The second-order valence-corrected chi connectivity index (χ2v) is 3.52. The topological polar surface area (TPSA) is 37.8 Å². The van der Waals surface area contributed by atoms with Crippen LogP contribution in [0.2, 0.25) is 0 Å². The fourth-order valence-corrected chi connectivity index (χ4v) is 1.85. The van der Waals surface area contributed by atoms with Crippen molar-refractivity contribution in [1.82, 2.24) is 9.55 Å². The lowest BCUT2D eigenvalue weighted by Crippen LogP contribution is -2.15. The summed E-state index contributed by atoms with van der Waals surface area (Å²) in [5, 5.41) is 0. The van der Waals surface area contributed by atoms with E-state index in [9.17, 15) is 4.79 Å². The highest BCUT2D eigenvalue weighted by Crippen LogP contribution is 2.45. The first-order valence-corrected chi connectivity index (χ1v) is 4.58. The molecule has 0 amide bonds. The van der Waals surface area contributed by atoms with Gasteiger partial charge in [0.2, 0.25) is 0 Å². The Hall–Kier alpha value is -0.990. The Morgan fingerprint density at radius 1 is 1.75 bits per heavy atom. The first-order chi connectivity index (χ1) is 5.83. The molecule has 0 bridgehead atoms. The Kier molecular flexibility index (Phi) is 1.79. The van der Waals surface area contributed by atoms with Crippen molar-refractivity contribution in [1.29, 1.82) is 0 Å². The van der Waals surface area contributed by atoms with E-state index in [-0.39, 0.29) is 5.69 Å². The lowest BCUT2D eigenvalue weighted by molar-refractivity contribution is 0.596. The van der Waals surface area contributed by atoms with Gasteiger partial charge >= 0.3 is 5.69 Å². The lowest BCUT2D eigenvalue weighted by Gasteiger charge is -1.97. The molecule has 0 spiro atoms. The monoisotopic (exact) mass is 166 g/mol. The molecule has 2 rings (SSSR count). The predicted octanol–water partition coefficient (Wildman–Crippen LogP) is 1.54. The first-order valence-electron chi connectivity index (χ1n) is 4.58. The van der Waals surface area contributed by atoms with Crippen molar-refractivity contribution < 1.29 is 0 Å². The summed E-state index contributed by atoms with van der Waals surface area (Å²) < 4.78 is 1.82. The van der Waals surface area contributed by atoms with Crippen molar-refractivity contribution in [2.24, 2.45) is 5.92 Å². The maximum absolute atomic E-state index is 11.2. The number of hydrogen-bond acceptors (Lipinski definition) is 1. The smallest absolute Gasteiger partial charge is 0.313 e. The summed E-state index contributed by atoms with van der Waals surface area (Å²) in [5.74, 6) is 0.753. The average Bonchev–Trinajstić information content (AvgIpc) is 2.67. The summed E-state index contributed by atoms with van der Waals surface area (Å²) in [6.07, 6.45) is 7.22. The Labute approximate surface area is 71.4 Å². The highest BCUT2D eigenvalue weighted by atomic mass is 16.1. The number of H-pyrrole nitrogens is 1. The zero-order valence-corrected chi connectivity index (χ0v) is 7.29. The maximum Gasteiger partial charge on any atom is 0.325 e. The van der Waals surface area contributed by atoms with Crippen LogP contribution in [0.4, 0.5) is 0 Å². The third-order valence-electron chi connectivity index (χ3n) is 2.58. The van der Waals surface area contributed by atoms with Crippen molar-refractivity contribution in [3.8, 4) is 0 Å².